The van der Waals surface area contributed by atoms with E-state index in [0.717, 1.165) is 29.7 Å². The summed E-state index contributed by atoms with van der Waals surface area (Å²) >= 11 is 0. The minimum Gasteiger partial charge on any atom is -0.398 e. The van der Waals surface area contributed by atoms with Crippen molar-refractivity contribution in [3.63, 3.8) is 0 Å². The predicted molar refractivity (Wildman–Crippen MR) is 72.5 cm³/mol. The normalized spacial score (nSPS) is 16.6. The highest BCUT2D eigenvalue weighted by atomic mass is 16.5. The molecule has 1 saturated heterocycles. The van der Waals surface area contributed by atoms with Gasteiger partial charge in [-0.2, -0.15) is 0 Å². The highest BCUT2D eigenvalue weighted by Crippen LogP contribution is 2.26. The molecule has 1 aliphatic heterocycles. The standard InChI is InChI=1S/C14H20N2O2/c1-9-3-4-12(15)10(2)13(9)16-14(17)11-5-7-18-8-6-11/h3-4,11H,5-8,15H2,1-2H3,(H,16,17). The van der Waals surface area contributed by atoms with Crippen molar-refractivity contribution in [1.82, 2.24) is 0 Å². The fourth-order valence-corrected chi connectivity index (χ4v) is 2.24. The molecule has 1 heterocycles. The third kappa shape index (κ3) is 2.64. The van der Waals surface area contributed by atoms with Crippen LogP contribution in [0.15, 0.2) is 12.1 Å². The SMILES string of the molecule is Cc1ccc(N)c(C)c1NC(=O)C1CCOCC1. The Hall–Kier alpha value is -1.55. The maximum Gasteiger partial charge on any atom is 0.227 e. The van der Waals surface area contributed by atoms with Crippen molar-refractivity contribution in [3.05, 3.63) is 23.3 Å². The lowest BCUT2D eigenvalue weighted by Gasteiger charge is -2.22. The molecule has 0 spiro atoms. The monoisotopic (exact) mass is 248 g/mol. The lowest BCUT2D eigenvalue weighted by atomic mass is 9.98. The molecule has 4 nitrogen and oxygen atoms in total. The van der Waals surface area contributed by atoms with Crippen LogP contribution in [0.3, 0.4) is 0 Å². The van der Waals surface area contributed by atoms with Crippen LogP contribution in [0, 0.1) is 19.8 Å². The van der Waals surface area contributed by atoms with Gasteiger partial charge >= 0.3 is 0 Å². The van der Waals surface area contributed by atoms with Crippen LogP contribution >= 0.6 is 0 Å². The topological polar surface area (TPSA) is 64.3 Å². The maximum absolute atomic E-state index is 12.2. The largest absolute Gasteiger partial charge is 0.398 e. The van der Waals surface area contributed by atoms with Gasteiger partial charge in [-0.3, -0.25) is 4.79 Å². The van der Waals surface area contributed by atoms with Crippen molar-refractivity contribution >= 4 is 17.3 Å². The van der Waals surface area contributed by atoms with Crippen molar-refractivity contribution < 1.29 is 9.53 Å². The van der Waals surface area contributed by atoms with Gasteiger partial charge in [-0.1, -0.05) is 6.07 Å². The first-order valence-electron chi connectivity index (χ1n) is 6.34. The number of nitrogens with two attached hydrogens (primary N) is 1. The van der Waals surface area contributed by atoms with E-state index in [1.54, 1.807) is 0 Å². The molecule has 0 unspecified atom stereocenters. The Morgan fingerprint density at radius 3 is 2.67 bits per heavy atom. The average molecular weight is 248 g/mol. The Balaban J connectivity index is 2.13. The fourth-order valence-electron chi connectivity index (χ4n) is 2.24. The fraction of sp³-hybridized carbons (Fsp3) is 0.500. The Morgan fingerprint density at radius 1 is 1.33 bits per heavy atom. The van der Waals surface area contributed by atoms with E-state index in [1.807, 2.05) is 26.0 Å². The average Bonchev–Trinajstić information content (AvgIpc) is 2.40. The van der Waals surface area contributed by atoms with Crippen LogP contribution in [-0.2, 0) is 9.53 Å². The maximum atomic E-state index is 12.2. The zero-order valence-corrected chi connectivity index (χ0v) is 11.0. The summed E-state index contributed by atoms with van der Waals surface area (Å²) < 4.78 is 5.27. The van der Waals surface area contributed by atoms with Crippen LogP contribution in [0.1, 0.15) is 24.0 Å². The molecule has 98 valence electrons. The van der Waals surface area contributed by atoms with E-state index in [1.165, 1.54) is 0 Å². The van der Waals surface area contributed by atoms with Gasteiger partial charge in [0.1, 0.15) is 0 Å². The number of anilines is 2. The number of rotatable bonds is 2. The number of carbonyl (C=O) groups is 1. The van der Waals surface area contributed by atoms with Gasteiger partial charge in [0.2, 0.25) is 5.91 Å². The number of aryl methyl sites for hydroxylation is 1. The van der Waals surface area contributed by atoms with Gasteiger partial charge in [-0.05, 0) is 43.9 Å². The number of hydrogen-bond acceptors (Lipinski definition) is 3. The Morgan fingerprint density at radius 2 is 2.00 bits per heavy atom. The van der Waals surface area contributed by atoms with Crippen LogP contribution < -0.4 is 11.1 Å². The van der Waals surface area contributed by atoms with Gasteiger partial charge in [-0.15, -0.1) is 0 Å². The van der Waals surface area contributed by atoms with Crippen molar-refractivity contribution in [2.75, 3.05) is 24.3 Å². The Kier molecular flexibility index (Phi) is 3.87. The van der Waals surface area contributed by atoms with Gasteiger partial charge in [0.15, 0.2) is 0 Å². The minimum atomic E-state index is 0.0546. The molecule has 18 heavy (non-hydrogen) atoms. The molecule has 0 aromatic heterocycles. The van der Waals surface area contributed by atoms with Crippen LogP contribution in [0.2, 0.25) is 0 Å². The summed E-state index contributed by atoms with van der Waals surface area (Å²) in [5.41, 5.74) is 9.42. The summed E-state index contributed by atoms with van der Waals surface area (Å²) in [6.07, 6.45) is 1.60. The molecular weight excluding hydrogens is 228 g/mol. The number of nitrogens with one attached hydrogen (secondary N) is 1. The molecule has 1 amide bonds. The van der Waals surface area contributed by atoms with Crippen molar-refractivity contribution in [1.29, 1.82) is 0 Å². The van der Waals surface area contributed by atoms with E-state index >= 15 is 0 Å². The van der Waals surface area contributed by atoms with Crippen LogP contribution in [0.4, 0.5) is 11.4 Å². The zero-order chi connectivity index (χ0) is 13.1. The molecule has 1 fully saturated rings. The van der Waals surface area contributed by atoms with Crippen molar-refractivity contribution in [3.8, 4) is 0 Å². The first kappa shape index (κ1) is 12.9. The molecule has 0 radical (unpaired) electrons. The van der Waals surface area contributed by atoms with Crippen LogP contribution in [0.25, 0.3) is 0 Å². The molecule has 4 heteroatoms. The first-order valence-corrected chi connectivity index (χ1v) is 6.34. The molecule has 0 bridgehead atoms. The van der Waals surface area contributed by atoms with Crippen molar-refractivity contribution in [2.45, 2.75) is 26.7 Å². The second-order valence-corrected chi connectivity index (χ2v) is 4.85. The number of amides is 1. The number of hydrogen-bond donors (Lipinski definition) is 2. The predicted octanol–water partition coefficient (Wildman–Crippen LogP) is 2.25. The van der Waals surface area contributed by atoms with Gasteiger partial charge < -0.3 is 15.8 Å². The molecule has 0 aliphatic carbocycles. The number of carbonyl (C=O) groups excluding carboxylic acids is 1. The van der Waals surface area contributed by atoms with E-state index in [0.29, 0.717) is 18.9 Å². The summed E-state index contributed by atoms with van der Waals surface area (Å²) in [5, 5.41) is 3.01. The van der Waals surface area contributed by atoms with E-state index in [9.17, 15) is 4.79 Å². The summed E-state index contributed by atoms with van der Waals surface area (Å²) in [7, 11) is 0. The Bertz CT molecular complexity index is 451. The summed E-state index contributed by atoms with van der Waals surface area (Å²) in [5.74, 6) is 0.133. The Labute approximate surface area is 108 Å². The molecule has 3 N–H and O–H groups in total. The highest BCUT2D eigenvalue weighted by Gasteiger charge is 2.22. The molecule has 2 rings (SSSR count). The van der Waals surface area contributed by atoms with Gasteiger partial charge in [0.05, 0.1) is 0 Å². The molecular formula is C14H20N2O2. The number of benzene rings is 1. The van der Waals surface area contributed by atoms with Gasteiger partial charge in [0.25, 0.3) is 0 Å². The number of ether oxygens (including phenoxy) is 1. The second kappa shape index (κ2) is 5.40. The third-order valence-electron chi connectivity index (χ3n) is 3.56. The molecule has 1 aliphatic rings. The van der Waals surface area contributed by atoms with E-state index in [2.05, 4.69) is 5.32 Å². The van der Waals surface area contributed by atoms with Crippen LogP contribution in [0.5, 0.6) is 0 Å². The lowest BCUT2D eigenvalue weighted by molar-refractivity contribution is -0.122. The first-order chi connectivity index (χ1) is 8.59. The summed E-state index contributed by atoms with van der Waals surface area (Å²) in [6, 6.07) is 3.80. The molecule has 1 aromatic carbocycles. The van der Waals surface area contributed by atoms with Crippen molar-refractivity contribution in [2.24, 2.45) is 5.92 Å². The highest BCUT2D eigenvalue weighted by molar-refractivity contribution is 5.94. The third-order valence-corrected chi connectivity index (χ3v) is 3.56. The smallest absolute Gasteiger partial charge is 0.227 e. The lowest BCUT2D eigenvalue weighted by Crippen LogP contribution is -2.29. The minimum absolute atomic E-state index is 0.0546. The second-order valence-electron chi connectivity index (χ2n) is 4.85. The zero-order valence-electron chi connectivity index (χ0n) is 11.0. The number of nitrogen functional groups attached to an aromatic ring is 1. The summed E-state index contributed by atoms with van der Waals surface area (Å²) in [4.78, 5) is 12.2. The quantitative estimate of drug-likeness (QED) is 0.789. The molecule has 0 saturated carbocycles. The van der Waals surface area contributed by atoms with E-state index < -0.39 is 0 Å². The van der Waals surface area contributed by atoms with Gasteiger partial charge in [0, 0.05) is 30.5 Å². The van der Waals surface area contributed by atoms with Gasteiger partial charge in [-0.25, -0.2) is 0 Å². The van der Waals surface area contributed by atoms with Crippen LogP contribution in [-0.4, -0.2) is 19.1 Å². The van der Waals surface area contributed by atoms with E-state index in [4.69, 9.17) is 10.5 Å². The molecule has 0 atom stereocenters. The van der Waals surface area contributed by atoms with E-state index in [-0.39, 0.29) is 11.8 Å². The summed E-state index contributed by atoms with van der Waals surface area (Å²) in [6.45, 7) is 5.26. The molecule has 1 aromatic rings.